The summed E-state index contributed by atoms with van der Waals surface area (Å²) in [5, 5.41) is 4.88. The zero-order valence-corrected chi connectivity index (χ0v) is 13.0. The van der Waals surface area contributed by atoms with Crippen LogP contribution in [-0.4, -0.2) is 27.7 Å². The third-order valence-corrected chi connectivity index (χ3v) is 4.98. The Bertz CT molecular complexity index is 623. The third-order valence-electron chi connectivity index (χ3n) is 3.43. The van der Waals surface area contributed by atoms with Gasteiger partial charge in [-0.05, 0) is 28.4 Å². The molecule has 19 heavy (non-hydrogen) atoms. The number of thiazole rings is 1. The molecule has 0 N–H and O–H groups in total. The van der Waals surface area contributed by atoms with Crippen molar-refractivity contribution in [1.82, 2.24) is 14.8 Å². The summed E-state index contributed by atoms with van der Waals surface area (Å²) in [7, 11) is 3.70. The second kappa shape index (κ2) is 4.72. The van der Waals surface area contributed by atoms with Gasteiger partial charge in [-0.15, -0.1) is 0 Å². The maximum atomic E-state index is 12.4. The van der Waals surface area contributed by atoms with E-state index in [1.807, 2.05) is 17.8 Å². The van der Waals surface area contributed by atoms with Gasteiger partial charge in [0.25, 0.3) is 0 Å². The van der Waals surface area contributed by atoms with Crippen molar-refractivity contribution in [2.75, 3.05) is 11.9 Å². The van der Waals surface area contributed by atoms with Crippen LogP contribution >= 0.6 is 27.3 Å². The van der Waals surface area contributed by atoms with Crippen LogP contribution in [0.15, 0.2) is 22.2 Å². The number of nitrogens with zero attached hydrogens (tertiary/aromatic N) is 4. The molecule has 2 atom stereocenters. The molecule has 1 aliphatic rings. The smallest absolute Gasteiger partial charge is 0.232 e. The van der Waals surface area contributed by atoms with Crippen molar-refractivity contribution < 1.29 is 4.79 Å². The summed E-state index contributed by atoms with van der Waals surface area (Å²) in [5.41, 5.74) is 1.13. The van der Waals surface area contributed by atoms with Crippen LogP contribution in [0.25, 0.3) is 0 Å². The molecule has 2 aromatic rings. The number of carbonyl (C=O) groups excluding carboxylic acids is 1. The van der Waals surface area contributed by atoms with Crippen LogP contribution in [0.4, 0.5) is 5.13 Å². The van der Waals surface area contributed by atoms with E-state index < -0.39 is 0 Å². The Balaban J connectivity index is 1.71. The summed E-state index contributed by atoms with van der Waals surface area (Å²) in [5.74, 6) is 0.488. The van der Waals surface area contributed by atoms with Gasteiger partial charge in [0.2, 0.25) is 5.91 Å². The Labute approximate surface area is 123 Å². The first-order valence-corrected chi connectivity index (χ1v) is 7.55. The predicted octanol–water partition coefficient (Wildman–Crippen LogP) is 2.41. The van der Waals surface area contributed by atoms with E-state index in [0.29, 0.717) is 5.92 Å². The number of amides is 1. The number of aromatic nitrogens is 3. The number of rotatable bonds is 3. The molecule has 7 heteroatoms. The topological polar surface area (TPSA) is 51.0 Å². The van der Waals surface area contributed by atoms with Gasteiger partial charge in [0, 0.05) is 37.8 Å². The van der Waals surface area contributed by atoms with E-state index in [4.69, 9.17) is 0 Å². The monoisotopic (exact) mass is 340 g/mol. The molecule has 2 aromatic heterocycles. The van der Waals surface area contributed by atoms with Crippen molar-refractivity contribution in [3.05, 3.63) is 27.9 Å². The largest absolute Gasteiger partial charge is 0.291 e. The van der Waals surface area contributed by atoms with Crippen LogP contribution in [0.1, 0.15) is 18.0 Å². The summed E-state index contributed by atoms with van der Waals surface area (Å²) in [4.78, 5) is 18.2. The lowest BCUT2D eigenvalue weighted by Crippen LogP contribution is -2.28. The molecule has 0 aromatic carbocycles. The second-order valence-electron chi connectivity index (χ2n) is 4.67. The average Bonchev–Trinajstić information content (AvgIpc) is 2.87. The Morgan fingerprint density at radius 2 is 2.42 bits per heavy atom. The SMILES string of the molecule is CN(C(=O)[C@@H]1C[C@H]1c1ccnn1C)c1ncc(Br)s1. The normalized spacial score (nSPS) is 21.4. The van der Waals surface area contributed by atoms with E-state index in [0.717, 1.165) is 21.0 Å². The fraction of sp³-hybridized carbons (Fsp3) is 0.417. The van der Waals surface area contributed by atoms with E-state index in [9.17, 15) is 4.79 Å². The van der Waals surface area contributed by atoms with Gasteiger partial charge in [-0.2, -0.15) is 5.10 Å². The fourth-order valence-corrected chi connectivity index (χ4v) is 3.44. The van der Waals surface area contributed by atoms with Crippen molar-refractivity contribution in [1.29, 1.82) is 0 Å². The van der Waals surface area contributed by atoms with Gasteiger partial charge in [0.1, 0.15) is 0 Å². The predicted molar refractivity (Wildman–Crippen MR) is 77.3 cm³/mol. The lowest BCUT2D eigenvalue weighted by molar-refractivity contribution is -0.119. The van der Waals surface area contributed by atoms with Crippen molar-refractivity contribution in [2.45, 2.75) is 12.3 Å². The Hall–Kier alpha value is -1.21. The van der Waals surface area contributed by atoms with Gasteiger partial charge in [-0.3, -0.25) is 14.4 Å². The molecule has 1 aliphatic carbocycles. The molecule has 0 unspecified atom stereocenters. The molecule has 5 nitrogen and oxygen atoms in total. The lowest BCUT2D eigenvalue weighted by Gasteiger charge is -2.13. The first-order valence-electron chi connectivity index (χ1n) is 5.94. The molecule has 1 amide bonds. The van der Waals surface area contributed by atoms with Crippen LogP contribution in [0.5, 0.6) is 0 Å². The van der Waals surface area contributed by atoms with Gasteiger partial charge in [0.15, 0.2) is 5.13 Å². The molecule has 0 aliphatic heterocycles. The maximum absolute atomic E-state index is 12.4. The molecule has 0 spiro atoms. The minimum absolute atomic E-state index is 0.0584. The molecule has 3 rings (SSSR count). The van der Waals surface area contributed by atoms with Gasteiger partial charge in [-0.25, -0.2) is 4.98 Å². The van der Waals surface area contributed by atoms with E-state index >= 15 is 0 Å². The maximum Gasteiger partial charge on any atom is 0.232 e. The second-order valence-corrected chi connectivity index (χ2v) is 7.06. The number of hydrogen-bond acceptors (Lipinski definition) is 4. The minimum Gasteiger partial charge on any atom is -0.291 e. The van der Waals surface area contributed by atoms with E-state index in [1.54, 1.807) is 24.3 Å². The van der Waals surface area contributed by atoms with Gasteiger partial charge in [0.05, 0.1) is 9.98 Å². The quantitative estimate of drug-likeness (QED) is 0.862. The van der Waals surface area contributed by atoms with Crippen LogP contribution in [0.3, 0.4) is 0 Å². The number of carbonyl (C=O) groups is 1. The van der Waals surface area contributed by atoms with Crippen molar-refractivity contribution in [3.63, 3.8) is 0 Å². The van der Waals surface area contributed by atoms with Crippen molar-refractivity contribution in [2.24, 2.45) is 13.0 Å². The molecule has 2 heterocycles. The summed E-state index contributed by atoms with van der Waals surface area (Å²) in [6, 6.07) is 1.98. The van der Waals surface area contributed by atoms with Crippen LogP contribution in [0.2, 0.25) is 0 Å². The number of halogens is 1. The fourth-order valence-electron chi connectivity index (χ4n) is 2.29. The highest BCUT2D eigenvalue weighted by molar-refractivity contribution is 9.11. The molecule has 0 saturated heterocycles. The summed E-state index contributed by atoms with van der Waals surface area (Å²) >= 11 is 4.83. The highest BCUT2D eigenvalue weighted by Gasteiger charge is 2.47. The van der Waals surface area contributed by atoms with E-state index in [1.165, 1.54) is 11.3 Å². The first kappa shape index (κ1) is 12.8. The Morgan fingerprint density at radius 3 is 3.00 bits per heavy atom. The summed E-state index contributed by atoms with van der Waals surface area (Å²) in [6.45, 7) is 0. The Morgan fingerprint density at radius 1 is 1.63 bits per heavy atom. The van der Waals surface area contributed by atoms with Crippen LogP contribution in [-0.2, 0) is 11.8 Å². The lowest BCUT2D eigenvalue weighted by atomic mass is 10.2. The molecule has 1 fully saturated rings. The molecular formula is C12H13BrN4OS. The molecule has 1 saturated carbocycles. The molecule has 100 valence electrons. The summed E-state index contributed by atoms with van der Waals surface area (Å²) < 4.78 is 2.78. The van der Waals surface area contributed by atoms with Crippen molar-refractivity contribution >= 4 is 38.3 Å². The highest BCUT2D eigenvalue weighted by atomic mass is 79.9. The molecule has 0 bridgehead atoms. The zero-order valence-electron chi connectivity index (χ0n) is 10.6. The number of aryl methyl sites for hydroxylation is 1. The molecular weight excluding hydrogens is 328 g/mol. The van der Waals surface area contributed by atoms with Crippen LogP contribution in [0, 0.1) is 5.92 Å². The molecule has 0 radical (unpaired) electrons. The summed E-state index contributed by atoms with van der Waals surface area (Å²) in [6.07, 6.45) is 4.39. The van der Waals surface area contributed by atoms with Gasteiger partial charge >= 0.3 is 0 Å². The van der Waals surface area contributed by atoms with Gasteiger partial charge in [-0.1, -0.05) is 11.3 Å². The van der Waals surface area contributed by atoms with E-state index in [2.05, 4.69) is 26.0 Å². The Kier molecular flexibility index (Phi) is 3.18. The van der Waals surface area contributed by atoms with Crippen molar-refractivity contribution in [3.8, 4) is 0 Å². The zero-order chi connectivity index (χ0) is 13.6. The standard InChI is InChI=1S/C12H13BrN4OS/c1-16(12-14-6-10(13)19-12)11(18)8-5-7(8)9-3-4-15-17(9)2/h3-4,6-8H,5H2,1-2H3/t7-,8-/m1/s1. The van der Waals surface area contributed by atoms with E-state index in [-0.39, 0.29) is 11.8 Å². The number of anilines is 1. The highest BCUT2D eigenvalue weighted by Crippen LogP contribution is 2.48. The average molecular weight is 341 g/mol. The first-order chi connectivity index (χ1) is 9.08. The minimum atomic E-state index is 0.0584. The third kappa shape index (κ3) is 2.32. The van der Waals surface area contributed by atoms with Gasteiger partial charge < -0.3 is 0 Å². The number of hydrogen-bond donors (Lipinski definition) is 0. The van der Waals surface area contributed by atoms with Crippen LogP contribution < -0.4 is 4.90 Å².